The zero-order valence-electron chi connectivity index (χ0n) is 11.1. The lowest BCUT2D eigenvalue weighted by Gasteiger charge is -2.09. The highest BCUT2D eigenvalue weighted by Crippen LogP contribution is 2.27. The molecule has 4 heteroatoms. The predicted molar refractivity (Wildman–Crippen MR) is 72.9 cm³/mol. The molecule has 1 aromatic carbocycles. The van der Waals surface area contributed by atoms with Gasteiger partial charge in [-0.3, -0.25) is 0 Å². The maximum absolute atomic E-state index is 11.9. The van der Waals surface area contributed by atoms with E-state index in [9.17, 15) is 4.79 Å². The second-order valence-electron chi connectivity index (χ2n) is 4.08. The molecular formula is C15H17NO3. The van der Waals surface area contributed by atoms with Crippen molar-refractivity contribution >= 4 is 5.97 Å². The molecule has 0 radical (unpaired) electrons. The number of aromatic amines is 1. The molecule has 0 fully saturated rings. The van der Waals surface area contributed by atoms with Crippen LogP contribution in [0.5, 0.6) is 0 Å². The second kappa shape index (κ2) is 6.20. The van der Waals surface area contributed by atoms with Gasteiger partial charge in [-0.05, 0) is 24.1 Å². The molecule has 0 saturated heterocycles. The molecule has 1 N–H and O–H groups in total. The van der Waals surface area contributed by atoms with E-state index in [0.29, 0.717) is 18.9 Å². The second-order valence-corrected chi connectivity index (χ2v) is 4.08. The van der Waals surface area contributed by atoms with Gasteiger partial charge in [0.25, 0.3) is 0 Å². The molecule has 0 aliphatic carbocycles. The third-order valence-corrected chi connectivity index (χ3v) is 2.83. The lowest BCUT2D eigenvalue weighted by Crippen LogP contribution is -2.07. The summed E-state index contributed by atoms with van der Waals surface area (Å²) in [6.07, 6.45) is 1.74. The minimum absolute atomic E-state index is 0.338. The van der Waals surface area contributed by atoms with E-state index in [1.54, 1.807) is 20.2 Å². The molecule has 1 heterocycles. The smallest absolute Gasteiger partial charge is 0.355 e. The van der Waals surface area contributed by atoms with Crippen LogP contribution in [-0.2, 0) is 16.1 Å². The Morgan fingerprint density at radius 3 is 2.74 bits per heavy atom. The number of hydrogen-bond donors (Lipinski definition) is 1. The number of nitrogens with one attached hydrogen (secondary N) is 1. The Morgan fingerprint density at radius 2 is 2.00 bits per heavy atom. The molecule has 1 aromatic heterocycles. The van der Waals surface area contributed by atoms with Crippen LogP contribution in [-0.4, -0.2) is 24.7 Å². The highest BCUT2D eigenvalue weighted by molar-refractivity contribution is 5.96. The fourth-order valence-electron chi connectivity index (χ4n) is 2.03. The predicted octanol–water partition coefficient (Wildman–Crippen LogP) is 3.00. The zero-order chi connectivity index (χ0) is 13.7. The summed E-state index contributed by atoms with van der Waals surface area (Å²) in [5.41, 5.74) is 3.33. The van der Waals surface area contributed by atoms with E-state index in [1.165, 1.54) is 0 Å². The summed E-state index contributed by atoms with van der Waals surface area (Å²) in [5.74, 6) is -0.338. The van der Waals surface area contributed by atoms with Crippen LogP contribution in [0.3, 0.4) is 0 Å². The Balaban J connectivity index is 2.42. The Kier molecular flexibility index (Phi) is 4.36. The Bertz CT molecular complexity index is 560. The van der Waals surface area contributed by atoms with Crippen molar-refractivity contribution in [2.45, 2.75) is 13.5 Å². The van der Waals surface area contributed by atoms with Gasteiger partial charge >= 0.3 is 5.97 Å². The van der Waals surface area contributed by atoms with E-state index in [-0.39, 0.29) is 5.97 Å². The molecule has 0 unspecified atom stereocenters. The highest BCUT2D eigenvalue weighted by atomic mass is 16.5. The monoisotopic (exact) mass is 259 g/mol. The van der Waals surface area contributed by atoms with Gasteiger partial charge < -0.3 is 14.5 Å². The van der Waals surface area contributed by atoms with Crippen LogP contribution in [0.2, 0.25) is 0 Å². The van der Waals surface area contributed by atoms with Crippen molar-refractivity contribution < 1.29 is 14.3 Å². The lowest BCUT2D eigenvalue weighted by molar-refractivity contribution is 0.0521. The van der Waals surface area contributed by atoms with Gasteiger partial charge in [0.05, 0.1) is 13.2 Å². The topological polar surface area (TPSA) is 51.3 Å². The number of esters is 1. The number of rotatable bonds is 5. The van der Waals surface area contributed by atoms with Crippen molar-refractivity contribution in [3.05, 3.63) is 47.8 Å². The van der Waals surface area contributed by atoms with Crippen molar-refractivity contribution in [3.8, 4) is 11.1 Å². The summed E-state index contributed by atoms with van der Waals surface area (Å²) in [5, 5.41) is 0. The number of hydrogen-bond acceptors (Lipinski definition) is 3. The molecule has 0 aliphatic heterocycles. The quantitative estimate of drug-likeness (QED) is 0.840. The van der Waals surface area contributed by atoms with Crippen molar-refractivity contribution in [1.82, 2.24) is 4.98 Å². The molecule has 0 atom stereocenters. The van der Waals surface area contributed by atoms with Gasteiger partial charge in [0.15, 0.2) is 0 Å². The Labute approximate surface area is 112 Å². The van der Waals surface area contributed by atoms with Crippen LogP contribution in [0.4, 0.5) is 0 Å². The highest BCUT2D eigenvalue weighted by Gasteiger charge is 2.16. The largest absolute Gasteiger partial charge is 0.461 e. The van der Waals surface area contributed by atoms with Gasteiger partial charge in [0, 0.05) is 18.9 Å². The number of carbonyl (C=O) groups excluding carboxylic acids is 1. The number of carbonyl (C=O) groups is 1. The molecule has 100 valence electrons. The van der Waals surface area contributed by atoms with Gasteiger partial charge in [-0.25, -0.2) is 4.79 Å². The fourth-order valence-corrected chi connectivity index (χ4v) is 2.03. The molecule has 0 bridgehead atoms. The molecule has 2 aromatic rings. The molecule has 0 amide bonds. The average Bonchev–Trinajstić information content (AvgIpc) is 2.89. The van der Waals surface area contributed by atoms with E-state index in [4.69, 9.17) is 9.47 Å². The normalized spacial score (nSPS) is 10.4. The number of aromatic nitrogens is 1. The Hall–Kier alpha value is -2.07. The number of H-pyrrole nitrogens is 1. The summed E-state index contributed by atoms with van der Waals surface area (Å²) in [7, 11) is 1.65. The number of ether oxygens (including phenoxy) is 2. The summed E-state index contributed by atoms with van der Waals surface area (Å²) >= 11 is 0. The van der Waals surface area contributed by atoms with Crippen LogP contribution in [0.25, 0.3) is 11.1 Å². The van der Waals surface area contributed by atoms with Crippen LogP contribution in [0.15, 0.2) is 36.5 Å². The van der Waals surface area contributed by atoms with E-state index in [2.05, 4.69) is 4.98 Å². The van der Waals surface area contributed by atoms with E-state index < -0.39 is 0 Å². The van der Waals surface area contributed by atoms with Gasteiger partial charge in [0.2, 0.25) is 0 Å². The standard InChI is InChI=1S/C15H17NO3/c1-3-19-15(17)14-13(8-9-16-14)12-7-5-4-6-11(12)10-18-2/h4-9,16H,3,10H2,1-2H3. The number of methoxy groups -OCH3 is 1. The molecule has 0 aliphatic rings. The summed E-state index contributed by atoms with van der Waals surface area (Å²) in [6.45, 7) is 2.65. The Morgan fingerprint density at radius 1 is 1.21 bits per heavy atom. The first-order valence-corrected chi connectivity index (χ1v) is 6.19. The first-order chi connectivity index (χ1) is 9.27. The van der Waals surface area contributed by atoms with Crippen molar-refractivity contribution in [3.63, 3.8) is 0 Å². The first kappa shape index (κ1) is 13.4. The van der Waals surface area contributed by atoms with Crippen LogP contribution in [0.1, 0.15) is 23.0 Å². The SMILES string of the molecule is CCOC(=O)c1[nH]ccc1-c1ccccc1COC. The summed E-state index contributed by atoms with van der Waals surface area (Å²) < 4.78 is 10.2. The third-order valence-electron chi connectivity index (χ3n) is 2.83. The van der Waals surface area contributed by atoms with Crippen molar-refractivity contribution in [1.29, 1.82) is 0 Å². The molecule has 19 heavy (non-hydrogen) atoms. The van der Waals surface area contributed by atoms with E-state index in [0.717, 1.165) is 16.7 Å². The number of benzene rings is 1. The molecule has 4 nitrogen and oxygen atoms in total. The van der Waals surface area contributed by atoms with Gasteiger partial charge in [-0.2, -0.15) is 0 Å². The lowest BCUT2D eigenvalue weighted by atomic mass is 10.0. The summed E-state index contributed by atoms with van der Waals surface area (Å²) in [4.78, 5) is 14.8. The van der Waals surface area contributed by atoms with Gasteiger partial charge in [-0.1, -0.05) is 24.3 Å². The van der Waals surface area contributed by atoms with Crippen LogP contribution in [0, 0.1) is 0 Å². The molecular weight excluding hydrogens is 242 g/mol. The zero-order valence-corrected chi connectivity index (χ0v) is 11.1. The van der Waals surface area contributed by atoms with E-state index in [1.807, 2.05) is 30.3 Å². The van der Waals surface area contributed by atoms with Crippen molar-refractivity contribution in [2.24, 2.45) is 0 Å². The van der Waals surface area contributed by atoms with Crippen molar-refractivity contribution in [2.75, 3.05) is 13.7 Å². The minimum Gasteiger partial charge on any atom is -0.461 e. The maximum Gasteiger partial charge on any atom is 0.355 e. The van der Waals surface area contributed by atoms with E-state index >= 15 is 0 Å². The first-order valence-electron chi connectivity index (χ1n) is 6.19. The molecule has 0 spiro atoms. The fraction of sp³-hybridized carbons (Fsp3) is 0.267. The average molecular weight is 259 g/mol. The maximum atomic E-state index is 11.9. The van der Waals surface area contributed by atoms with Gasteiger partial charge in [-0.15, -0.1) is 0 Å². The van der Waals surface area contributed by atoms with Crippen LogP contribution < -0.4 is 0 Å². The van der Waals surface area contributed by atoms with Gasteiger partial charge in [0.1, 0.15) is 5.69 Å². The molecule has 0 saturated carbocycles. The molecule has 2 rings (SSSR count). The summed E-state index contributed by atoms with van der Waals surface area (Å²) in [6, 6.07) is 9.73. The minimum atomic E-state index is -0.338. The van der Waals surface area contributed by atoms with Crippen LogP contribution >= 0.6 is 0 Å². The third kappa shape index (κ3) is 2.85.